The van der Waals surface area contributed by atoms with Crippen LogP contribution in [0.2, 0.25) is 0 Å². The van der Waals surface area contributed by atoms with Gasteiger partial charge in [0.2, 0.25) is 12.7 Å². The summed E-state index contributed by atoms with van der Waals surface area (Å²) < 4.78 is 22.1. The molecule has 2 aromatic carbocycles. The molecule has 0 aliphatic carbocycles. The number of piperidine rings is 1. The lowest BCUT2D eigenvalue weighted by Crippen LogP contribution is -2.34. The molecule has 8 heteroatoms. The van der Waals surface area contributed by atoms with Gasteiger partial charge in [-0.2, -0.15) is 0 Å². The lowest BCUT2D eigenvalue weighted by molar-refractivity contribution is 0.0723. The highest BCUT2D eigenvalue weighted by Gasteiger charge is 2.28. The minimum Gasteiger partial charge on any atom is -0.454 e. The van der Waals surface area contributed by atoms with Crippen LogP contribution < -0.4 is 14.4 Å². The zero-order valence-electron chi connectivity index (χ0n) is 20.1. The third kappa shape index (κ3) is 5.12. The highest BCUT2D eigenvalue weighted by Crippen LogP contribution is 2.35. The van der Waals surface area contributed by atoms with Crippen molar-refractivity contribution < 1.29 is 23.5 Å². The predicted molar refractivity (Wildman–Crippen MR) is 132 cm³/mol. The Morgan fingerprint density at radius 3 is 2.66 bits per heavy atom. The molecule has 0 N–H and O–H groups in total. The zero-order chi connectivity index (χ0) is 24.0. The molecule has 0 unspecified atom stereocenters. The van der Waals surface area contributed by atoms with Gasteiger partial charge in [0.1, 0.15) is 5.69 Å². The van der Waals surface area contributed by atoms with Gasteiger partial charge in [-0.15, -0.1) is 0 Å². The number of hydrogen-bond donors (Lipinski definition) is 0. The van der Waals surface area contributed by atoms with Gasteiger partial charge in [0.05, 0.1) is 12.1 Å². The number of fused-ring (bicyclic) bond motifs is 1. The molecule has 0 radical (unpaired) electrons. The number of rotatable bonds is 9. The number of aromatic nitrogens is 1. The van der Waals surface area contributed by atoms with Gasteiger partial charge in [0.15, 0.2) is 11.5 Å². The van der Waals surface area contributed by atoms with Crippen molar-refractivity contribution in [3.63, 3.8) is 0 Å². The molecule has 0 spiro atoms. The molecule has 5 rings (SSSR count). The number of anilines is 1. The van der Waals surface area contributed by atoms with Crippen LogP contribution in [0, 0.1) is 0 Å². The van der Waals surface area contributed by atoms with Crippen molar-refractivity contribution >= 4 is 11.8 Å². The average molecular weight is 478 g/mol. The lowest BCUT2D eigenvalue weighted by Gasteiger charge is -2.28. The number of benzene rings is 2. The normalized spacial score (nSPS) is 14.8. The van der Waals surface area contributed by atoms with Gasteiger partial charge in [-0.25, -0.2) is 0 Å². The van der Waals surface area contributed by atoms with Gasteiger partial charge in [-0.05, 0) is 43.9 Å². The first kappa shape index (κ1) is 23.2. The minimum absolute atomic E-state index is 0.0794. The topological polar surface area (TPSA) is 77.3 Å². The van der Waals surface area contributed by atoms with E-state index in [1.807, 2.05) is 35.2 Å². The van der Waals surface area contributed by atoms with Crippen molar-refractivity contribution in [3.8, 4) is 22.8 Å². The van der Waals surface area contributed by atoms with Crippen LogP contribution in [0.15, 0.2) is 53.1 Å². The molecule has 0 saturated carbocycles. The standard InChI is InChI=1S/C27H31N3O5/c1-32-16-8-15-30(26(31)21-11-12-23-24(17-21)34-19-33-23)18-22-25(20-9-4-2-5-10-20)28-35-27(22)29-13-6-3-7-14-29/h2,4-5,9-12,17H,3,6-8,13-16,18-19H2,1H3. The minimum atomic E-state index is -0.0794. The fraction of sp³-hybridized carbons (Fsp3) is 0.407. The maximum atomic E-state index is 13.7. The van der Waals surface area contributed by atoms with Gasteiger partial charge in [0, 0.05) is 44.5 Å². The van der Waals surface area contributed by atoms with E-state index in [0.29, 0.717) is 36.8 Å². The van der Waals surface area contributed by atoms with Crippen molar-refractivity contribution in [2.24, 2.45) is 0 Å². The molecule has 2 aliphatic rings. The van der Waals surface area contributed by atoms with Crippen LogP contribution >= 0.6 is 0 Å². The Kier molecular flexibility index (Phi) is 7.18. The highest BCUT2D eigenvalue weighted by molar-refractivity contribution is 5.95. The van der Waals surface area contributed by atoms with Gasteiger partial charge < -0.3 is 28.5 Å². The number of carbonyl (C=O) groups is 1. The van der Waals surface area contributed by atoms with E-state index in [1.54, 1.807) is 25.3 Å². The number of ether oxygens (including phenoxy) is 3. The predicted octanol–water partition coefficient (Wildman–Crippen LogP) is 4.74. The Balaban J connectivity index is 1.49. The molecule has 184 valence electrons. The fourth-order valence-corrected chi connectivity index (χ4v) is 4.67. The molecule has 0 atom stereocenters. The monoisotopic (exact) mass is 477 g/mol. The second kappa shape index (κ2) is 10.8. The fourth-order valence-electron chi connectivity index (χ4n) is 4.67. The number of carbonyl (C=O) groups excluding carboxylic acids is 1. The Hall–Kier alpha value is -3.52. The molecule has 0 bridgehead atoms. The Labute approximate surface area is 205 Å². The van der Waals surface area contributed by atoms with Gasteiger partial charge in [-0.3, -0.25) is 4.79 Å². The van der Waals surface area contributed by atoms with Gasteiger partial charge in [0.25, 0.3) is 5.91 Å². The van der Waals surface area contributed by atoms with E-state index in [-0.39, 0.29) is 12.7 Å². The second-order valence-electron chi connectivity index (χ2n) is 8.87. The smallest absolute Gasteiger partial charge is 0.254 e. The molecule has 35 heavy (non-hydrogen) atoms. The molecule has 8 nitrogen and oxygen atoms in total. The van der Waals surface area contributed by atoms with E-state index in [2.05, 4.69) is 10.1 Å². The summed E-state index contributed by atoms with van der Waals surface area (Å²) in [6, 6.07) is 15.3. The van der Waals surface area contributed by atoms with Crippen molar-refractivity contribution in [1.82, 2.24) is 10.1 Å². The quantitative estimate of drug-likeness (QED) is 0.412. The summed E-state index contributed by atoms with van der Waals surface area (Å²) in [5.41, 5.74) is 3.25. The first-order chi connectivity index (χ1) is 17.2. The summed E-state index contributed by atoms with van der Waals surface area (Å²) in [6.07, 6.45) is 4.18. The average Bonchev–Trinajstić information content (AvgIpc) is 3.55. The molecule has 3 heterocycles. The first-order valence-corrected chi connectivity index (χ1v) is 12.2. The van der Waals surface area contributed by atoms with Gasteiger partial charge in [-0.1, -0.05) is 35.5 Å². The zero-order valence-corrected chi connectivity index (χ0v) is 20.1. The van der Waals surface area contributed by atoms with Crippen LogP contribution in [0.5, 0.6) is 11.5 Å². The third-order valence-corrected chi connectivity index (χ3v) is 6.49. The maximum Gasteiger partial charge on any atom is 0.254 e. The van der Waals surface area contributed by atoms with Gasteiger partial charge >= 0.3 is 0 Å². The van der Waals surface area contributed by atoms with Crippen LogP contribution in [-0.2, 0) is 11.3 Å². The molecule has 3 aromatic rings. The van der Waals surface area contributed by atoms with E-state index >= 15 is 0 Å². The third-order valence-electron chi connectivity index (χ3n) is 6.49. The summed E-state index contributed by atoms with van der Waals surface area (Å²) in [7, 11) is 1.67. The Morgan fingerprint density at radius 2 is 1.86 bits per heavy atom. The van der Waals surface area contributed by atoms with E-state index in [9.17, 15) is 4.79 Å². The van der Waals surface area contributed by atoms with Crippen LogP contribution in [-0.4, -0.2) is 56.1 Å². The van der Waals surface area contributed by atoms with Crippen molar-refractivity contribution in [3.05, 3.63) is 59.7 Å². The van der Waals surface area contributed by atoms with Crippen LogP contribution in [0.4, 0.5) is 5.88 Å². The van der Waals surface area contributed by atoms with E-state index in [4.69, 9.17) is 18.7 Å². The van der Waals surface area contributed by atoms with E-state index in [0.717, 1.165) is 55.1 Å². The van der Waals surface area contributed by atoms with E-state index in [1.165, 1.54) is 6.42 Å². The lowest BCUT2D eigenvalue weighted by atomic mass is 10.0. The maximum absolute atomic E-state index is 13.7. The molecule has 1 aromatic heterocycles. The van der Waals surface area contributed by atoms with Crippen LogP contribution in [0.3, 0.4) is 0 Å². The summed E-state index contributed by atoms with van der Waals surface area (Å²) >= 11 is 0. The molecule has 1 fully saturated rings. The van der Waals surface area contributed by atoms with Crippen molar-refractivity contribution in [2.45, 2.75) is 32.2 Å². The summed E-state index contributed by atoms with van der Waals surface area (Å²) in [4.78, 5) is 17.8. The molecule has 1 saturated heterocycles. The number of amides is 1. The summed E-state index contributed by atoms with van der Waals surface area (Å²) in [6.45, 7) is 3.52. The number of hydrogen-bond acceptors (Lipinski definition) is 7. The number of methoxy groups -OCH3 is 1. The number of nitrogens with zero attached hydrogens (tertiary/aromatic N) is 3. The molecule has 2 aliphatic heterocycles. The van der Waals surface area contributed by atoms with Crippen molar-refractivity contribution in [2.75, 3.05) is 45.0 Å². The van der Waals surface area contributed by atoms with E-state index < -0.39 is 0 Å². The highest BCUT2D eigenvalue weighted by atomic mass is 16.7. The Morgan fingerprint density at radius 1 is 1.06 bits per heavy atom. The molecule has 1 amide bonds. The SMILES string of the molecule is COCCCN(Cc1c(-c2ccccc2)noc1N1CCCCC1)C(=O)c1ccc2c(c1)OCO2. The molecular formula is C27H31N3O5. The summed E-state index contributed by atoms with van der Waals surface area (Å²) in [5.74, 6) is 1.94. The van der Waals surface area contributed by atoms with Crippen molar-refractivity contribution in [1.29, 1.82) is 0 Å². The van der Waals surface area contributed by atoms with Crippen LogP contribution in [0.25, 0.3) is 11.3 Å². The molecular weight excluding hydrogens is 446 g/mol. The second-order valence-corrected chi connectivity index (χ2v) is 8.87. The van der Waals surface area contributed by atoms with Crippen LogP contribution in [0.1, 0.15) is 41.6 Å². The largest absolute Gasteiger partial charge is 0.454 e. The summed E-state index contributed by atoms with van der Waals surface area (Å²) in [5, 5.41) is 4.47. The first-order valence-electron chi connectivity index (χ1n) is 12.2. The Bertz CT molecular complexity index is 1140.